The number of hydrogen-bond donors (Lipinski definition) is 0. The minimum atomic E-state index is -2.77. The number of amides is 1. The molecular weight excluding hydrogens is 342 g/mol. The lowest BCUT2D eigenvalue weighted by molar-refractivity contribution is -0.117. The first kappa shape index (κ1) is 16.4. The quantitative estimate of drug-likeness (QED) is 0.718. The van der Waals surface area contributed by atoms with Gasteiger partial charge in [-0.1, -0.05) is 12.1 Å². The third kappa shape index (κ3) is 2.85. The average Bonchev–Trinajstić information content (AvgIpc) is 3.06. The highest BCUT2D eigenvalue weighted by Crippen LogP contribution is 2.28. The summed E-state index contributed by atoms with van der Waals surface area (Å²) in [5.74, 6) is -0.295. The number of para-hydroxylation sites is 1. The Balaban J connectivity index is 1.67. The number of aryl methyl sites for hydroxylation is 1. The topological polar surface area (TPSA) is 67.2 Å². The first-order valence-corrected chi connectivity index (χ1v) is 8.12. The second-order valence-corrected chi connectivity index (χ2v) is 6.06. The first-order chi connectivity index (χ1) is 12.5. The van der Waals surface area contributed by atoms with Gasteiger partial charge in [0.25, 0.3) is 6.43 Å². The summed E-state index contributed by atoms with van der Waals surface area (Å²) < 4.78 is 28.0. The number of hydrogen-bond acceptors (Lipinski definition) is 5. The Bertz CT molecular complexity index is 973. The van der Waals surface area contributed by atoms with Crippen molar-refractivity contribution in [2.75, 3.05) is 29.4 Å². The molecule has 9 heteroatoms. The second kappa shape index (κ2) is 6.32. The molecule has 4 rings (SSSR count). The van der Waals surface area contributed by atoms with Crippen LogP contribution in [-0.4, -0.2) is 45.3 Å². The molecule has 0 aliphatic carbocycles. The van der Waals surface area contributed by atoms with Crippen molar-refractivity contribution in [1.82, 2.24) is 19.7 Å². The third-order valence-corrected chi connectivity index (χ3v) is 4.32. The minimum Gasteiger partial charge on any atom is -0.345 e. The monoisotopic (exact) mass is 358 g/mol. The number of rotatable bonds is 3. The molecule has 0 atom stereocenters. The molecule has 3 heterocycles. The number of piperazine rings is 1. The number of aromatic nitrogens is 4. The van der Waals surface area contributed by atoms with E-state index in [-0.39, 0.29) is 12.5 Å². The molecule has 0 saturated carbocycles. The van der Waals surface area contributed by atoms with Crippen molar-refractivity contribution in [3.05, 3.63) is 42.5 Å². The van der Waals surface area contributed by atoms with Crippen molar-refractivity contribution in [1.29, 1.82) is 0 Å². The molecule has 1 aliphatic heterocycles. The minimum absolute atomic E-state index is 0.0541. The van der Waals surface area contributed by atoms with Crippen molar-refractivity contribution in [2.45, 2.75) is 6.43 Å². The fourth-order valence-corrected chi connectivity index (χ4v) is 3.09. The van der Waals surface area contributed by atoms with E-state index in [0.29, 0.717) is 29.8 Å². The van der Waals surface area contributed by atoms with Crippen LogP contribution in [0.2, 0.25) is 0 Å². The van der Waals surface area contributed by atoms with E-state index in [1.165, 1.54) is 0 Å². The van der Waals surface area contributed by atoms with Crippen molar-refractivity contribution in [2.24, 2.45) is 7.05 Å². The van der Waals surface area contributed by atoms with Gasteiger partial charge in [-0.2, -0.15) is 5.10 Å². The van der Waals surface area contributed by atoms with Crippen LogP contribution in [-0.2, 0) is 11.8 Å². The maximum absolute atomic E-state index is 13.2. The van der Waals surface area contributed by atoms with E-state index in [0.717, 1.165) is 5.69 Å². The second-order valence-electron chi connectivity index (χ2n) is 6.06. The number of anilines is 2. The van der Waals surface area contributed by atoms with Crippen LogP contribution >= 0.6 is 0 Å². The van der Waals surface area contributed by atoms with Crippen LogP contribution in [0.5, 0.6) is 0 Å². The Morgan fingerprint density at radius 3 is 2.65 bits per heavy atom. The lowest BCUT2D eigenvalue weighted by atomic mass is 10.2. The fourth-order valence-electron chi connectivity index (χ4n) is 3.09. The summed E-state index contributed by atoms with van der Waals surface area (Å²) in [5.41, 5.74) is 1.16. The lowest BCUT2D eigenvalue weighted by Gasteiger charge is -2.34. The van der Waals surface area contributed by atoms with Crippen LogP contribution in [0.25, 0.3) is 10.9 Å². The van der Waals surface area contributed by atoms with Crippen LogP contribution in [0.4, 0.5) is 20.3 Å². The summed E-state index contributed by atoms with van der Waals surface area (Å²) in [5, 5.41) is 4.73. The molecule has 3 aromatic rings. The number of fused-ring (bicyclic) bond motifs is 1. The molecule has 0 bridgehead atoms. The molecule has 1 saturated heterocycles. The van der Waals surface area contributed by atoms with Gasteiger partial charge in [0.05, 0.1) is 23.9 Å². The van der Waals surface area contributed by atoms with Crippen molar-refractivity contribution in [3.8, 4) is 0 Å². The summed E-state index contributed by atoms with van der Waals surface area (Å²) in [6.45, 7) is 0.954. The zero-order valence-corrected chi connectivity index (χ0v) is 14.0. The number of carbonyl (C=O) groups is 1. The molecule has 134 valence electrons. The highest BCUT2D eigenvalue weighted by molar-refractivity contribution is 5.99. The molecule has 0 N–H and O–H groups in total. The van der Waals surface area contributed by atoms with Gasteiger partial charge in [-0.3, -0.25) is 9.48 Å². The SMILES string of the molecule is Cn1cc(N2CCN(c3nc(C(F)F)nc4ccccc34)CC2=O)cn1. The van der Waals surface area contributed by atoms with Crippen molar-refractivity contribution < 1.29 is 13.6 Å². The molecule has 0 spiro atoms. The van der Waals surface area contributed by atoms with E-state index in [1.807, 2.05) is 0 Å². The van der Waals surface area contributed by atoms with Gasteiger partial charge in [0.2, 0.25) is 5.91 Å². The third-order valence-electron chi connectivity index (χ3n) is 4.32. The van der Waals surface area contributed by atoms with Gasteiger partial charge in [0.1, 0.15) is 5.82 Å². The van der Waals surface area contributed by atoms with E-state index >= 15 is 0 Å². The van der Waals surface area contributed by atoms with E-state index in [1.54, 1.807) is 58.2 Å². The molecule has 1 fully saturated rings. The Labute approximate surface area is 147 Å². The zero-order valence-electron chi connectivity index (χ0n) is 14.0. The van der Waals surface area contributed by atoms with Gasteiger partial charge in [0.15, 0.2) is 5.82 Å². The first-order valence-electron chi connectivity index (χ1n) is 8.12. The molecule has 26 heavy (non-hydrogen) atoms. The number of halogens is 2. The Hall–Kier alpha value is -3.10. The van der Waals surface area contributed by atoms with Crippen molar-refractivity contribution in [3.63, 3.8) is 0 Å². The molecule has 0 unspecified atom stereocenters. The molecule has 1 aliphatic rings. The Kier molecular flexibility index (Phi) is 3.98. The van der Waals surface area contributed by atoms with Gasteiger partial charge in [0, 0.05) is 31.7 Å². The molecular formula is C17H16F2N6O. The lowest BCUT2D eigenvalue weighted by Crippen LogP contribution is -2.51. The van der Waals surface area contributed by atoms with Gasteiger partial charge in [-0.15, -0.1) is 0 Å². The zero-order chi connectivity index (χ0) is 18.3. The summed E-state index contributed by atoms with van der Waals surface area (Å²) >= 11 is 0. The molecule has 2 aromatic heterocycles. The van der Waals surface area contributed by atoms with Crippen molar-refractivity contribution >= 4 is 28.3 Å². The van der Waals surface area contributed by atoms with Gasteiger partial charge < -0.3 is 9.80 Å². The number of nitrogens with zero attached hydrogens (tertiary/aromatic N) is 6. The normalized spacial score (nSPS) is 15.3. The summed E-state index contributed by atoms with van der Waals surface area (Å²) in [6.07, 6.45) is 0.621. The van der Waals surface area contributed by atoms with E-state index in [9.17, 15) is 13.6 Å². The van der Waals surface area contributed by atoms with Crippen LogP contribution < -0.4 is 9.80 Å². The molecule has 1 amide bonds. The van der Waals surface area contributed by atoms with E-state index in [4.69, 9.17) is 0 Å². The number of carbonyl (C=O) groups excluding carboxylic acids is 1. The predicted octanol–water partition coefficient (Wildman–Crippen LogP) is 2.15. The highest BCUT2D eigenvalue weighted by atomic mass is 19.3. The smallest absolute Gasteiger partial charge is 0.297 e. The summed E-state index contributed by atoms with van der Waals surface area (Å²) in [6, 6.07) is 6.97. The van der Waals surface area contributed by atoms with Crippen LogP contribution in [0.15, 0.2) is 36.7 Å². The molecule has 7 nitrogen and oxygen atoms in total. The Morgan fingerprint density at radius 1 is 1.15 bits per heavy atom. The Morgan fingerprint density at radius 2 is 1.96 bits per heavy atom. The molecule has 0 radical (unpaired) electrons. The fraction of sp³-hybridized carbons (Fsp3) is 0.294. The van der Waals surface area contributed by atoms with Gasteiger partial charge in [-0.05, 0) is 12.1 Å². The van der Waals surface area contributed by atoms with E-state index < -0.39 is 12.2 Å². The number of alkyl halides is 2. The maximum atomic E-state index is 13.2. The maximum Gasteiger partial charge on any atom is 0.297 e. The van der Waals surface area contributed by atoms with Gasteiger partial charge >= 0.3 is 0 Å². The van der Waals surface area contributed by atoms with E-state index in [2.05, 4.69) is 15.1 Å². The predicted molar refractivity (Wildman–Crippen MR) is 92.3 cm³/mol. The summed E-state index contributed by atoms with van der Waals surface area (Å²) in [7, 11) is 1.78. The van der Waals surface area contributed by atoms with Crippen LogP contribution in [0, 0.1) is 0 Å². The standard InChI is InChI=1S/C17H16F2N6O/c1-23-9-11(8-20-23)25-7-6-24(10-14(25)26)17-12-4-2-3-5-13(12)21-16(22-17)15(18)19/h2-5,8-9,15H,6-7,10H2,1H3. The largest absolute Gasteiger partial charge is 0.345 e. The molecule has 1 aromatic carbocycles. The van der Waals surface area contributed by atoms with Gasteiger partial charge in [-0.25, -0.2) is 18.7 Å². The van der Waals surface area contributed by atoms with Crippen LogP contribution in [0.3, 0.4) is 0 Å². The number of benzene rings is 1. The van der Waals surface area contributed by atoms with Crippen LogP contribution in [0.1, 0.15) is 12.2 Å². The summed E-state index contributed by atoms with van der Waals surface area (Å²) in [4.78, 5) is 23.9. The highest BCUT2D eigenvalue weighted by Gasteiger charge is 2.28. The average molecular weight is 358 g/mol.